The van der Waals surface area contributed by atoms with E-state index in [1.807, 2.05) is 0 Å². The van der Waals surface area contributed by atoms with Gasteiger partial charge in [0.15, 0.2) is 0 Å². The quantitative estimate of drug-likeness (QED) is 0.825. The number of hydrogen-bond acceptors (Lipinski definition) is 4. The van der Waals surface area contributed by atoms with Crippen LogP contribution in [0.1, 0.15) is 32.1 Å². The van der Waals surface area contributed by atoms with Crippen LogP contribution in [0, 0.1) is 5.92 Å². The summed E-state index contributed by atoms with van der Waals surface area (Å²) in [5.74, 6) is 0.854. The van der Waals surface area contributed by atoms with Gasteiger partial charge in [-0.15, -0.1) is 0 Å². The molecule has 4 nitrogen and oxygen atoms in total. The van der Waals surface area contributed by atoms with E-state index in [1.165, 1.54) is 51.7 Å². The monoisotopic (exact) mass is 267 g/mol. The average Bonchev–Trinajstić information content (AvgIpc) is 2.88. The maximum Gasteiger partial charge on any atom is 0.0594 e. The third-order valence-corrected chi connectivity index (χ3v) is 5.15. The van der Waals surface area contributed by atoms with Gasteiger partial charge in [-0.3, -0.25) is 4.90 Å². The number of hydrogen-bond donors (Lipinski definition) is 1. The maximum atomic E-state index is 6.10. The highest BCUT2D eigenvalue weighted by atomic mass is 16.5. The zero-order chi connectivity index (χ0) is 13.1. The molecule has 2 N–H and O–H groups in total. The molecule has 3 atom stereocenters. The van der Waals surface area contributed by atoms with E-state index < -0.39 is 0 Å². The Morgan fingerprint density at radius 3 is 2.68 bits per heavy atom. The number of rotatable bonds is 3. The second kappa shape index (κ2) is 6.53. The van der Waals surface area contributed by atoms with Crippen molar-refractivity contribution in [3.8, 4) is 0 Å². The van der Waals surface area contributed by atoms with Crippen LogP contribution in [-0.4, -0.2) is 67.8 Å². The van der Waals surface area contributed by atoms with Gasteiger partial charge in [0.1, 0.15) is 0 Å². The molecule has 1 aliphatic carbocycles. The number of likely N-dealkylation sites (tertiary alicyclic amines) is 1. The van der Waals surface area contributed by atoms with Gasteiger partial charge >= 0.3 is 0 Å². The molecule has 0 amide bonds. The van der Waals surface area contributed by atoms with E-state index in [1.54, 1.807) is 0 Å². The van der Waals surface area contributed by atoms with E-state index in [0.717, 1.165) is 38.3 Å². The molecule has 0 aromatic carbocycles. The Bertz CT molecular complexity index is 281. The van der Waals surface area contributed by atoms with E-state index in [-0.39, 0.29) is 0 Å². The fraction of sp³-hybridized carbons (Fsp3) is 1.00. The lowest BCUT2D eigenvalue weighted by Crippen LogP contribution is -2.45. The van der Waals surface area contributed by atoms with Crippen LogP contribution in [0.2, 0.25) is 0 Å². The third-order valence-electron chi connectivity index (χ3n) is 5.15. The van der Waals surface area contributed by atoms with Crippen LogP contribution in [0.4, 0.5) is 0 Å². The molecular formula is C15H29N3O. The Morgan fingerprint density at radius 2 is 1.89 bits per heavy atom. The summed E-state index contributed by atoms with van der Waals surface area (Å²) in [4.78, 5) is 5.32. The van der Waals surface area contributed by atoms with Gasteiger partial charge in [-0.25, -0.2) is 0 Å². The Kier molecular flexibility index (Phi) is 4.74. The summed E-state index contributed by atoms with van der Waals surface area (Å²) in [7, 11) is 0. The summed E-state index contributed by atoms with van der Waals surface area (Å²) in [6.07, 6.45) is 6.57. The zero-order valence-electron chi connectivity index (χ0n) is 12.1. The summed E-state index contributed by atoms with van der Waals surface area (Å²) in [5, 5.41) is 0. The normalized spacial score (nSPS) is 38.7. The first kappa shape index (κ1) is 13.8. The van der Waals surface area contributed by atoms with E-state index in [9.17, 15) is 0 Å². The van der Waals surface area contributed by atoms with Gasteiger partial charge < -0.3 is 15.4 Å². The van der Waals surface area contributed by atoms with Crippen LogP contribution in [0.5, 0.6) is 0 Å². The van der Waals surface area contributed by atoms with Crippen molar-refractivity contribution in [3.63, 3.8) is 0 Å². The lowest BCUT2D eigenvalue weighted by atomic mass is 9.86. The molecule has 3 aliphatic rings. The van der Waals surface area contributed by atoms with Crippen LogP contribution < -0.4 is 5.73 Å². The van der Waals surface area contributed by atoms with Crippen LogP contribution in [0.15, 0.2) is 0 Å². The van der Waals surface area contributed by atoms with Gasteiger partial charge in [0.2, 0.25) is 0 Å². The predicted octanol–water partition coefficient (Wildman–Crippen LogP) is 0.910. The van der Waals surface area contributed by atoms with Crippen LogP contribution in [0.3, 0.4) is 0 Å². The molecule has 2 saturated heterocycles. The predicted molar refractivity (Wildman–Crippen MR) is 77.2 cm³/mol. The lowest BCUT2D eigenvalue weighted by molar-refractivity contribution is 0.0181. The summed E-state index contributed by atoms with van der Waals surface area (Å²) >= 11 is 0. The standard InChI is InChI=1S/C15H29N3O/c16-14-3-1-2-13(10-14)11-17-5-4-15(12-17)18-6-8-19-9-7-18/h13-15H,1-12,16H2. The topological polar surface area (TPSA) is 41.7 Å². The molecule has 110 valence electrons. The van der Waals surface area contributed by atoms with Gasteiger partial charge in [-0.2, -0.15) is 0 Å². The van der Waals surface area contributed by atoms with E-state index >= 15 is 0 Å². The van der Waals surface area contributed by atoms with Gasteiger partial charge in [0, 0.05) is 38.3 Å². The van der Waals surface area contributed by atoms with Crippen molar-refractivity contribution < 1.29 is 4.74 Å². The largest absolute Gasteiger partial charge is 0.379 e. The highest BCUT2D eigenvalue weighted by Gasteiger charge is 2.30. The number of nitrogens with two attached hydrogens (primary N) is 1. The first-order valence-corrected chi connectivity index (χ1v) is 8.11. The lowest BCUT2D eigenvalue weighted by Gasteiger charge is -2.33. The summed E-state index contributed by atoms with van der Waals surface area (Å²) in [5.41, 5.74) is 6.10. The van der Waals surface area contributed by atoms with Crippen molar-refractivity contribution in [2.75, 3.05) is 45.9 Å². The van der Waals surface area contributed by atoms with Crippen molar-refractivity contribution in [2.24, 2.45) is 11.7 Å². The highest BCUT2D eigenvalue weighted by molar-refractivity contribution is 4.86. The summed E-state index contributed by atoms with van der Waals surface area (Å²) < 4.78 is 5.45. The van der Waals surface area contributed by atoms with Crippen molar-refractivity contribution in [3.05, 3.63) is 0 Å². The Morgan fingerprint density at radius 1 is 1.05 bits per heavy atom. The minimum absolute atomic E-state index is 0.469. The first-order chi connectivity index (χ1) is 9.31. The molecule has 0 aromatic heterocycles. The average molecular weight is 267 g/mol. The Labute approximate surface area is 117 Å². The molecule has 0 radical (unpaired) electrons. The van der Waals surface area contributed by atoms with E-state index in [4.69, 9.17) is 10.5 Å². The molecule has 2 aliphatic heterocycles. The van der Waals surface area contributed by atoms with Crippen molar-refractivity contribution >= 4 is 0 Å². The molecular weight excluding hydrogens is 238 g/mol. The molecule has 1 saturated carbocycles. The molecule has 3 rings (SSSR count). The van der Waals surface area contributed by atoms with Gasteiger partial charge in [-0.05, 0) is 38.1 Å². The third kappa shape index (κ3) is 3.69. The number of nitrogens with zero attached hydrogens (tertiary/aromatic N) is 2. The van der Waals surface area contributed by atoms with Crippen molar-refractivity contribution in [1.82, 2.24) is 9.80 Å². The fourth-order valence-corrected chi connectivity index (χ4v) is 4.08. The molecule has 3 unspecified atom stereocenters. The minimum Gasteiger partial charge on any atom is -0.379 e. The molecule has 0 aromatic rings. The summed E-state index contributed by atoms with van der Waals surface area (Å²) in [6.45, 7) is 7.95. The Hall–Kier alpha value is -0.160. The minimum atomic E-state index is 0.469. The highest BCUT2D eigenvalue weighted by Crippen LogP contribution is 2.26. The second-order valence-electron chi connectivity index (χ2n) is 6.64. The first-order valence-electron chi connectivity index (χ1n) is 8.11. The van der Waals surface area contributed by atoms with Crippen LogP contribution in [-0.2, 0) is 4.74 Å². The molecule has 0 bridgehead atoms. The maximum absolute atomic E-state index is 6.10. The molecule has 4 heteroatoms. The molecule has 2 heterocycles. The zero-order valence-corrected chi connectivity index (χ0v) is 12.1. The molecule has 19 heavy (non-hydrogen) atoms. The molecule has 0 spiro atoms. The number of ether oxygens (including phenoxy) is 1. The van der Waals surface area contributed by atoms with Crippen molar-refractivity contribution in [2.45, 2.75) is 44.2 Å². The van der Waals surface area contributed by atoms with Gasteiger partial charge in [0.25, 0.3) is 0 Å². The second-order valence-corrected chi connectivity index (χ2v) is 6.64. The van der Waals surface area contributed by atoms with E-state index in [0.29, 0.717) is 6.04 Å². The molecule has 3 fully saturated rings. The summed E-state index contributed by atoms with van der Waals surface area (Å²) in [6, 6.07) is 1.25. The Balaban J connectivity index is 1.43. The van der Waals surface area contributed by atoms with Crippen LogP contribution >= 0.6 is 0 Å². The number of morpholine rings is 1. The van der Waals surface area contributed by atoms with Gasteiger partial charge in [-0.1, -0.05) is 6.42 Å². The van der Waals surface area contributed by atoms with Crippen molar-refractivity contribution in [1.29, 1.82) is 0 Å². The smallest absolute Gasteiger partial charge is 0.0594 e. The van der Waals surface area contributed by atoms with E-state index in [2.05, 4.69) is 9.80 Å². The fourth-order valence-electron chi connectivity index (χ4n) is 4.08. The van der Waals surface area contributed by atoms with Gasteiger partial charge in [0.05, 0.1) is 13.2 Å². The van der Waals surface area contributed by atoms with Crippen LogP contribution in [0.25, 0.3) is 0 Å². The SMILES string of the molecule is NC1CCCC(CN2CCC(N3CCOCC3)C2)C1.